The molecule has 0 bridgehead atoms. The van der Waals surface area contributed by atoms with Gasteiger partial charge < -0.3 is 4.74 Å². The Morgan fingerprint density at radius 1 is 1.38 bits per heavy atom. The molecule has 0 aliphatic heterocycles. The second-order valence-corrected chi connectivity index (χ2v) is 4.39. The molecule has 0 amide bonds. The highest BCUT2D eigenvalue weighted by molar-refractivity contribution is 6.61. The second kappa shape index (κ2) is 4.85. The summed E-state index contributed by atoms with van der Waals surface area (Å²) >= 11 is 5.22. The summed E-state index contributed by atoms with van der Waals surface area (Å²) in [5.41, 5.74) is -0.655. The van der Waals surface area contributed by atoms with Gasteiger partial charge in [-0.05, 0) is 31.1 Å². The second-order valence-electron chi connectivity index (χ2n) is 4.09. The molecule has 0 aromatic rings. The quantitative estimate of drug-likeness (QED) is 0.643. The van der Waals surface area contributed by atoms with Crippen molar-refractivity contribution in [2.24, 2.45) is 11.8 Å². The summed E-state index contributed by atoms with van der Waals surface area (Å²) in [5.74, 6) is 1.07. The molecule has 1 saturated carbocycles. The SMILES string of the molecule is CC(C)C1CCCCC1OC(=O)Cl. The molecule has 0 aromatic heterocycles. The summed E-state index contributed by atoms with van der Waals surface area (Å²) in [7, 11) is 0. The van der Waals surface area contributed by atoms with Gasteiger partial charge in [0.15, 0.2) is 0 Å². The molecule has 76 valence electrons. The molecule has 1 fully saturated rings. The van der Waals surface area contributed by atoms with Gasteiger partial charge in [0.2, 0.25) is 0 Å². The summed E-state index contributed by atoms with van der Waals surface area (Å²) in [6, 6.07) is 0. The Labute approximate surface area is 84.6 Å². The molecule has 0 N–H and O–H groups in total. The zero-order valence-corrected chi connectivity index (χ0v) is 9.01. The molecule has 2 unspecified atom stereocenters. The number of ether oxygens (including phenoxy) is 1. The van der Waals surface area contributed by atoms with E-state index in [-0.39, 0.29) is 6.10 Å². The van der Waals surface area contributed by atoms with Crippen LogP contribution < -0.4 is 0 Å². The van der Waals surface area contributed by atoms with Crippen LogP contribution in [0.25, 0.3) is 0 Å². The van der Waals surface area contributed by atoms with Crippen LogP contribution in [0, 0.1) is 11.8 Å². The predicted molar refractivity (Wildman–Crippen MR) is 52.9 cm³/mol. The van der Waals surface area contributed by atoms with Gasteiger partial charge in [0.1, 0.15) is 6.10 Å². The molecule has 13 heavy (non-hydrogen) atoms. The minimum atomic E-state index is -0.655. The minimum absolute atomic E-state index is 0.0544. The van der Waals surface area contributed by atoms with E-state index < -0.39 is 5.43 Å². The maximum Gasteiger partial charge on any atom is 0.404 e. The van der Waals surface area contributed by atoms with Gasteiger partial charge in [-0.3, -0.25) is 0 Å². The van der Waals surface area contributed by atoms with Crippen LogP contribution in [0.4, 0.5) is 4.79 Å². The Morgan fingerprint density at radius 2 is 2.00 bits per heavy atom. The van der Waals surface area contributed by atoms with Crippen LogP contribution in [0.1, 0.15) is 39.5 Å². The van der Waals surface area contributed by atoms with Gasteiger partial charge in [0.05, 0.1) is 0 Å². The van der Waals surface area contributed by atoms with Crippen molar-refractivity contribution < 1.29 is 9.53 Å². The average Bonchev–Trinajstić information content (AvgIpc) is 2.03. The van der Waals surface area contributed by atoms with Crippen LogP contribution in [-0.4, -0.2) is 11.5 Å². The van der Waals surface area contributed by atoms with Crippen LogP contribution in [0.15, 0.2) is 0 Å². The molecular formula is C10H17ClO2. The molecule has 3 heteroatoms. The zero-order valence-electron chi connectivity index (χ0n) is 8.25. The lowest BCUT2D eigenvalue weighted by atomic mass is 9.79. The van der Waals surface area contributed by atoms with E-state index in [1.807, 2.05) is 0 Å². The van der Waals surface area contributed by atoms with Crippen LogP contribution >= 0.6 is 11.6 Å². The topological polar surface area (TPSA) is 26.3 Å². The molecule has 0 radical (unpaired) electrons. The van der Waals surface area contributed by atoms with Crippen LogP contribution in [0.2, 0.25) is 0 Å². The highest BCUT2D eigenvalue weighted by Gasteiger charge is 2.29. The zero-order chi connectivity index (χ0) is 9.84. The molecule has 2 nitrogen and oxygen atoms in total. The largest absolute Gasteiger partial charge is 0.450 e. The van der Waals surface area contributed by atoms with Crippen LogP contribution in [-0.2, 0) is 4.74 Å². The van der Waals surface area contributed by atoms with E-state index in [9.17, 15) is 4.79 Å². The van der Waals surface area contributed by atoms with Gasteiger partial charge in [-0.25, -0.2) is 4.79 Å². The number of hydrogen-bond donors (Lipinski definition) is 0. The van der Waals surface area contributed by atoms with Crippen molar-refractivity contribution in [1.29, 1.82) is 0 Å². The van der Waals surface area contributed by atoms with Gasteiger partial charge in [-0.1, -0.05) is 20.3 Å². The third kappa shape index (κ3) is 3.18. The van der Waals surface area contributed by atoms with Gasteiger partial charge in [-0.2, -0.15) is 0 Å². The summed E-state index contributed by atoms with van der Waals surface area (Å²) in [6.07, 6.45) is 4.59. The first-order valence-corrected chi connectivity index (χ1v) is 5.35. The lowest BCUT2D eigenvalue weighted by Gasteiger charge is -2.33. The van der Waals surface area contributed by atoms with E-state index in [2.05, 4.69) is 13.8 Å². The Balaban J connectivity index is 2.51. The van der Waals surface area contributed by atoms with Crippen molar-refractivity contribution in [2.45, 2.75) is 45.6 Å². The summed E-state index contributed by atoms with van der Waals surface area (Å²) < 4.78 is 5.09. The summed E-state index contributed by atoms with van der Waals surface area (Å²) in [6.45, 7) is 4.34. The number of rotatable bonds is 2. The number of halogens is 1. The summed E-state index contributed by atoms with van der Waals surface area (Å²) in [5, 5.41) is 0. The molecular weight excluding hydrogens is 188 g/mol. The normalized spacial score (nSPS) is 28.9. The van der Waals surface area contributed by atoms with Gasteiger partial charge >= 0.3 is 5.43 Å². The standard InChI is InChI=1S/C10H17ClO2/c1-7(2)8-5-3-4-6-9(8)13-10(11)12/h7-9H,3-6H2,1-2H3. The molecule has 1 aliphatic carbocycles. The third-order valence-corrected chi connectivity index (χ3v) is 2.94. The number of carbonyl (C=O) groups excluding carboxylic acids is 1. The number of hydrogen-bond acceptors (Lipinski definition) is 2. The van der Waals surface area contributed by atoms with Crippen LogP contribution in [0.5, 0.6) is 0 Å². The van der Waals surface area contributed by atoms with Crippen molar-refractivity contribution in [2.75, 3.05) is 0 Å². The van der Waals surface area contributed by atoms with E-state index >= 15 is 0 Å². The van der Waals surface area contributed by atoms with Gasteiger partial charge in [0, 0.05) is 11.6 Å². The fourth-order valence-electron chi connectivity index (χ4n) is 2.15. The highest BCUT2D eigenvalue weighted by Crippen LogP contribution is 2.32. The van der Waals surface area contributed by atoms with Crippen molar-refractivity contribution in [3.05, 3.63) is 0 Å². The molecule has 1 aliphatic rings. The molecule has 0 spiro atoms. The Hall–Kier alpha value is -0.240. The van der Waals surface area contributed by atoms with E-state index in [1.54, 1.807) is 0 Å². The first-order chi connectivity index (χ1) is 6.11. The lowest BCUT2D eigenvalue weighted by Crippen LogP contribution is -2.31. The fraction of sp³-hybridized carbons (Fsp3) is 0.900. The predicted octanol–water partition coefficient (Wildman–Crippen LogP) is 3.58. The Morgan fingerprint density at radius 3 is 2.54 bits per heavy atom. The Bertz CT molecular complexity index is 180. The molecule has 0 aromatic carbocycles. The van der Waals surface area contributed by atoms with E-state index in [1.165, 1.54) is 6.42 Å². The van der Waals surface area contributed by atoms with Crippen LogP contribution in [0.3, 0.4) is 0 Å². The average molecular weight is 205 g/mol. The van der Waals surface area contributed by atoms with E-state index in [0.717, 1.165) is 19.3 Å². The third-order valence-electron chi connectivity index (χ3n) is 2.85. The first-order valence-electron chi connectivity index (χ1n) is 4.97. The fourth-order valence-corrected chi connectivity index (χ4v) is 2.27. The van der Waals surface area contributed by atoms with E-state index in [4.69, 9.17) is 16.3 Å². The van der Waals surface area contributed by atoms with Gasteiger partial charge in [-0.15, -0.1) is 0 Å². The maximum atomic E-state index is 10.6. The number of carbonyl (C=O) groups is 1. The van der Waals surface area contributed by atoms with Crippen molar-refractivity contribution in [3.63, 3.8) is 0 Å². The van der Waals surface area contributed by atoms with Crippen molar-refractivity contribution in [3.8, 4) is 0 Å². The van der Waals surface area contributed by atoms with Gasteiger partial charge in [0.25, 0.3) is 0 Å². The lowest BCUT2D eigenvalue weighted by molar-refractivity contribution is 0.0336. The maximum absolute atomic E-state index is 10.6. The summed E-state index contributed by atoms with van der Waals surface area (Å²) in [4.78, 5) is 10.6. The van der Waals surface area contributed by atoms with E-state index in [0.29, 0.717) is 11.8 Å². The molecule has 0 heterocycles. The van der Waals surface area contributed by atoms with Crippen molar-refractivity contribution in [1.82, 2.24) is 0 Å². The monoisotopic (exact) mass is 204 g/mol. The molecule has 0 saturated heterocycles. The minimum Gasteiger partial charge on any atom is -0.450 e. The smallest absolute Gasteiger partial charge is 0.404 e. The van der Waals surface area contributed by atoms with Crippen molar-refractivity contribution >= 4 is 17.0 Å². The molecule has 2 atom stereocenters. The molecule has 1 rings (SSSR count). The highest BCUT2D eigenvalue weighted by atomic mass is 35.5. The Kier molecular flexibility index (Phi) is 4.04. The first kappa shape index (κ1) is 10.8.